The minimum absolute atomic E-state index is 0.622. The van der Waals surface area contributed by atoms with E-state index in [-0.39, 0.29) is 0 Å². The highest BCUT2D eigenvalue weighted by Crippen LogP contribution is 2.26. The highest BCUT2D eigenvalue weighted by Gasteiger charge is 2.00. The molecule has 0 spiro atoms. The molecule has 2 N–H and O–H groups in total. The molecule has 0 amide bonds. The van der Waals surface area contributed by atoms with Crippen molar-refractivity contribution in [1.82, 2.24) is 4.98 Å². The van der Waals surface area contributed by atoms with Crippen molar-refractivity contribution < 1.29 is 0 Å². The molecule has 0 saturated carbocycles. The van der Waals surface area contributed by atoms with Crippen LogP contribution in [0.5, 0.6) is 0 Å². The van der Waals surface area contributed by atoms with E-state index in [9.17, 15) is 0 Å². The zero-order valence-electron chi connectivity index (χ0n) is 6.88. The maximum Gasteiger partial charge on any atom is 0.137 e. The Bertz CT molecular complexity index is 265. The van der Waals surface area contributed by atoms with Crippen LogP contribution in [0.25, 0.3) is 0 Å². The number of nitrogens with two attached hydrogens (primary N) is 1. The second kappa shape index (κ2) is 4.72. The first-order valence-electron chi connectivity index (χ1n) is 3.78. The molecular weight excluding hydrogens is 236 g/mol. The van der Waals surface area contributed by atoms with E-state index in [1.807, 2.05) is 6.07 Å². The predicted octanol–water partition coefficient (Wildman–Crippen LogP) is 2.93. The van der Waals surface area contributed by atoms with Crippen molar-refractivity contribution in [2.75, 3.05) is 11.5 Å². The summed E-state index contributed by atoms with van der Waals surface area (Å²) in [7, 11) is 0. The standard InChI is InChI=1S/C8H11BrN2S/c1-2-3-12-7-4-6(9)5-11-8(7)10/h4-5H,2-3H2,1H3,(H2,10,11). The van der Waals surface area contributed by atoms with E-state index in [1.54, 1.807) is 18.0 Å². The Labute approximate surface area is 85.1 Å². The molecule has 0 bridgehead atoms. The second-order valence-electron chi connectivity index (χ2n) is 2.39. The third-order valence-electron chi connectivity index (χ3n) is 1.31. The summed E-state index contributed by atoms with van der Waals surface area (Å²) >= 11 is 5.10. The van der Waals surface area contributed by atoms with Gasteiger partial charge in [0.15, 0.2) is 0 Å². The zero-order chi connectivity index (χ0) is 8.97. The van der Waals surface area contributed by atoms with Crippen LogP contribution in [0.2, 0.25) is 0 Å². The minimum Gasteiger partial charge on any atom is -0.383 e. The molecule has 0 aromatic carbocycles. The van der Waals surface area contributed by atoms with Crippen molar-refractivity contribution in [2.24, 2.45) is 0 Å². The van der Waals surface area contributed by atoms with Gasteiger partial charge in [-0.05, 0) is 34.2 Å². The van der Waals surface area contributed by atoms with Crippen LogP contribution in [-0.4, -0.2) is 10.7 Å². The molecule has 12 heavy (non-hydrogen) atoms. The van der Waals surface area contributed by atoms with Gasteiger partial charge in [0.25, 0.3) is 0 Å². The zero-order valence-corrected chi connectivity index (χ0v) is 9.28. The smallest absolute Gasteiger partial charge is 0.137 e. The largest absolute Gasteiger partial charge is 0.383 e. The lowest BCUT2D eigenvalue weighted by atomic mass is 10.5. The normalized spacial score (nSPS) is 10.2. The molecule has 0 fully saturated rings. The molecule has 1 aromatic rings. The van der Waals surface area contributed by atoms with E-state index < -0.39 is 0 Å². The molecule has 1 heterocycles. The van der Waals surface area contributed by atoms with Crippen molar-refractivity contribution in [3.05, 3.63) is 16.7 Å². The maximum absolute atomic E-state index is 5.68. The van der Waals surface area contributed by atoms with E-state index >= 15 is 0 Å². The van der Waals surface area contributed by atoms with Gasteiger partial charge < -0.3 is 5.73 Å². The van der Waals surface area contributed by atoms with Crippen LogP contribution in [-0.2, 0) is 0 Å². The van der Waals surface area contributed by atoms with Gasteiger partial charge in [0.05, 0.1) is 4.90 Å². The number of aromatic nitrogens is 1. The molecule has 1 rings (SSSR count). The summed E-state index contributed by atoms with van der Waals surface area (Å²) in [4.78, 5) is 5.10. The molecule has 0 atom stereocenters. The third-order valence-corrected chi connectivity index (χ3v) is 2.99. The third kappa shape index (κ3) is 2.68. The summed E-state index contributed by atoms with van der Waals surface area (Å²) < 4.78 is 0.982. The summed E-state index contributed by atoms with van der Waals surface area (Å²) in [6, 6.07) is 2.00. The van der Waals surface area contributed by atoms with Gasteiger partial charge in [0.1, 0.15) is 5.82 Å². The van der Waals surface area contributed by atoms with Gasteiger partial charge in [-0.15, -0.1) is 11.8 Å². The Kier molecular flexibility index (Phi) is 3.88. The van der Waals surface area contributed by atoms with Crippen LogP contribution in [0.15, 0.2) is 21.6 Å². The summed E-state index contributed by atoms with van der Waals surface area (Å²) in [5.74, 6) is 1.71. The fourth-order valence-corrected chi connectivity index (χ4v) is 2.08. The summed E-state index contributed by atoms with van der Waals surface area (Å²) in [5.41, 5.74) is 5.68. The summed E-state index contributed by atoms with van der Waals surface area (Å²) in [6.45, 7) is 2.15. The molecule has 2 nitrogen and oxygen atoms in total. The monoisotopic (exact) mass is 246 g/mol. The number of halogens is 1. The number of hydrogen-bond acceptors (Lipinski definition) is 3. The van der Waals surface area contributed by atoms with E-state index in [1.165, 1.54) is 0 Å². The molecule has 0 aliphatic heterocycles. The van der Waals surface area contributed by atoms with Gasteiger partial charge in [-0.2, -0.15) is 0 Å². The van der Waals surface area contributed by atoms with Crippen LogP contribution < -0.4 is 5.73 Å². The number of nitrogens with zero attached hydrogens (tertiary/aromatic N) is 1. The molecule has 0 unspecified atom stereocenters. The Balaban J connectivity index is 2.75. The van der Waals surface area contributed by atoms with E-state index in [0.717, 1.165) is 21.5 Å². The van der Waals surface area contributed by atoms with Crippen LogP contribution in [0.4, 0.5) is 5.82 Å². The SMILES string of the molecule is CCCSc1cc(Br)cnc1N. The molecular formula is C8H11BrN2S. The molecule has 1 aromatic heterocycles. The van der Waals surface area contributed by atoms with Gasteiger partial charge in [-0.25, -0.2) is 4.98 Å². The Morgan fingerprint density at radius 2 is 2.42 bits per heavy atom. The second-order valence-corrected chi connectivity index (χ2v) is 4.44. The number of nitrogen functional groups attached to an aromatic ring is 1. The van der Waals surface area contributed by atoms with Crippen LogP contribution in [0.1, 0.15) is 13.3 Å². The first-order chi connectivity index (χ1) is 5.74. The molecule has 0 radical (unpaired) electrons. The highest BCUT2D eigenvalue weighted by molar-refractivity contribution is 9.10. The molecule has 0 aliphatic rings. The molecule has 4 heteroatoms. The van der Waals surface area contributed by atoms with E-state index in [2.05, 4.69) is 27.8 Å². The van der Waals surface area contributed by atoms with Crippen LogP contribution in [0.3, 0.4) is 0 Å². The van der Waals surface area contributed by atoms with E-state index in [4.69, 9.17) is 5.73 Å². The van der Waals surface area contributed by atoms with Crippen molar-refractivity contribution in [3.8, 4) is 0 Å². The van der Waals surface area contributed by atoms with Crippen molar-refractivity contribution in [1.29, 1.82) is 0 Å². The molecule has 0 aliphatic carbocycles. The summed E-state index contributed by atoms with van der Waals surface area (Å²) in [5, 5.41) is 0. The lowest BCUT2D eigenvalue weighted by molar-refractivity contribution is 1.10. The Morgan fingerprint density at radius 1 is 1.67 bits per heavy atom. The Morgan fingerprint density at radius 3 is 3.08 bits per heavy atom. The molecule has 66 valence electrons. The van der Waals surface area contributed by atoms with Crippen molar-refractivity contribution in [3.63, 3.8) is 0 Å². The topological polar surface area (TPSA) is 38.9 Å². The van der Waals surface area contributed by atoms with Gasteiger partial charge >= 0.3 is 0 Å². The fourth-order valence-electron chi connectivity index (χ4n) is 0.759. The summed E-state index contributed by atoms with van der Waals surface area (Å²) in [6.07, 6.45) is 2.86. The number of pyridine rings is 1. The van der Waals surface area contributed by atoms with Crippen LogP contribution in [0, 0.1) is 0 Å². The lowest BCUT2D eigenvalue weighted by Gasteiger charge is -2.02. The minimum atomic E-state index is 0.622. The van der Waals surface area contributed by atoms with Gasteiger partial charge in [-0.3, -0.25) is 0 Å². The quantitative estimate of drug-likeness (QED) is 0.834. The first-order valence-corrected chi connectivity index (χ1v) is 5.55. The van der Waals surface area contributed by atoms with Gasteiger partial charge in [0.2, 0.25) is 0 Å². The molecule has 0 saturated heterocycles. The van der Waals surface area contributed by atoms with Gasteiger partial charge in [-0.1, -0.05) is 6.92 Å². The highest BCUT2D eigenvalue weighted by atomic mass is 79.9. The maximum atomic E-state index is 5.68. The number of anilines is 1. The number of rotatable bonds is 3. The van der Waals surface area contributed by atoms with E-state index in [0.29, 0.717) is 5.82 Å². The fraction of sp³-hybridized carbons (Fsp3) is 0.375. The van der Waals surface area contributed by atoms with Gasteiger partial charge in [0, 0.05) is 10.7 Å². The predicted molar refractivity (Wildman–Crippen MR) is 57.4 cm³/mol. The average molecular weight is 247 g/mol. The average Bonchev–Trinajstić information content (AvgIpc) is 2.07. The lowest BCUT2D eigenvalue weighted by Crippen LogP contribution is -1.92. The van der Waals surface area contributed by atoms with Crippen molar-refractivity contribution in [2.45, 2.75) is 18.2 Å². The van der Waals surface area contributed by atoms with Crippen molar-refractivity contribution >= 4 is 33.5 Å². The number of thioether (sulfide) groups is 1. The number of hydrogen-bond donors (Lipinski definition) is 1. The first kappa shape index (κ1) is 9.86. The van der Waals surface area contributed by atoms with Crippen LogP contribution >= 0.6 is 27.7 Å². The Hall–Kier alpha value is -0.220.